The fourth-order valence-corrected chi connectivity index (χ4v) is 5.82. The summed E-state index contributed by atoms with van der Waals surface area (Å²) in [5, 5.41) is 8.09. The molecule has 1 aromatic heterocycles. The van der Waals surface area contributed by atoms with Crippen molar-refractivity contribution < 1.29 is 40.6 Å². The number of rotatable bonds is 6. The van der Waals surface area contributed by atoms with Crippen molar-refractivity contribution in [3.05, 3.63) is 76.4 Å². The van der Waals surface area contributed by atoms with Crippen molar-refractivity contribution in [2.24, 2.45) is 7.05 Å². The highest BCUT2D eigenvalue weighted by Gasteiger charge is 2.45. The van der Waals surface area contributed by atoms with Gasteiger partial charge in [0.05, 0.1) is 31.9 Å². The number of anilines is 1. The number of aryl methyl sites for hydroxylation is 1. The zero-order valence-corrected chi connectivity index (χ0v) is 22.5. The van der Waals surface area contributed by atoms with Crippen LogP contribution in [0.1, 0.15) is 38.4 Å². The van der Waals surface area contributed by atoms with E-state index in [9.17, 15) is 31.1 Å². The summed E-state index contributed by atoms with van der Waals surface area (Å²) in [6.45, 7) is -0.224. The summed E-state index contributed by atoms with van der Waals surface area (Å²) >= 11 is 0. The van der Waals surface area contributed by atoms with Crippen molar-refractivity contribution in [3.8, 4) is 0 Å². The van der Waals surface area contributed by atoms with E-state index in [0.717, 1.165) is 17.5 Å². The summed E-state index contributed by atoms with van der Waals surface area (Å²) in [5.41, 5.74) is -0.237. The molecule has 1 atom stereocenters. The van der Waals surface area contributed by atoms with Crippen LogP contribution < -0.4 is 4.90 Å². The second-order valence-electron chi connectivity index (χ2n) is 11.1. The largest absolute Gasteiger partial charge is 0.416 e. The highest BCUT2D eigenvalue weighted by atomic mass is 19.4. The molecule has 2 saturated heterocycles. The average molecular weight is 596 g/mol. The van der Waals surface area contributed by atoms with E-state index in [1.54, 1.807) is 29.1 Å². The maximum Gasteiger partial charge on any atom is 0.416 e. The van der Waals surface area contributed by atoms with Crippen molar-refractivity contribution in [2.45, 2.75) is 43.4 Å². The van der Waals surface area contributed by atoms with Crippen molar-refractivity contribution in [2.75, 3.05) is 37.8 Å². The first-order valence-corrected chi connectivity index (χ1v) is 13.3. The first-order chi connectivity index (χ1) is 19.8. The zero-order valence-electron chi connectivity index (χ0n) is 22.5. The summed E-state index contributed by atoms with van der Waals surface area (Å²) in [7, 11) is 1.83. The molecule has 4 heterocycles. The molecule has 8 nitrogen and oxygen atoms in total. The molecule has 2 fully saturated rings. The average Bonchev–Trinajstić information content (AvgIpc) is 3.47. The standard InChI is InChI=1S/C28H27F6N5O3/c1-37-16-35-36-24(37)10-26(14-41-15-26)18-3-2-4-19(9-18)39-12-21-20(25(39)40)7-17(8-22(21)27(29,30)31)11-38-5-6-42-23(13-38)28(32,33)34/h2-4,7-9,16,23H,5-6,10-15H2,1H3/t23-/m0/s1. The summed E-state index contributed by atoms with van der Waals surface area (Å²) in [6, 6.07) is 9.41. The number of aromatic nitrogens is 3. The first-order valence-electron chi connectivity index (χ1n) is 13.3. The Bertz CT molecular complexity index is 1500. The van der Waals surface area contributed by atoms with Crippen LogP contribution in [0, 0.1) is 0 Å². The van der Waals surface area contributed by atoms with Crippen LogP contribution in [0.25, 0.3) is 0 Å². The van der Waals surface area contributed by atoms with Crippen LogP contribution in [0.4, 0.5) is 32.0 Å². The number of amides is 1. The third-order valence-corrected chi connectivity index (χ3v) is 8.16. The number of hydrogen-bond donors (Lipinski definition) is 0. The lowest BCUT2D eigenvalue weighted by atomic mass is 9.75. The normalized spacial score (nSPS) is 21.0. The number of carbonyl (C=O) groups excluding carboxylic acids is 1. The molecule has 0 spiro atoms. The number of halogens is 6. The molecule has 2 aromatic carbocycles. The minimum atomic E-state index is -4.76. The first kappa shape index (κ1) is 28.6. The quantitative estimate of drug-likeness (QED) is 0.397. The Kier molecular flexibility index (Phi) is 7.05. The molecule has 3 aliphatic heterocycles. The van der Waals surface area contributed by atoms with Crippen molar-refractivity contribution in [1.29, 1.82) is 0 Å². The summed E-state index contributed by atoms with van der Waals surface area (Å²) in [5.74, 6) is 0.148. The van der Waals surface area contributed by atoms with E-state index < -0.39 is 41.9 Å². The third kappa shape index (κ3) is 5.26. The summed E-state index contributed by atoms with van der Waals surface area (Å²) < 4.78 is 94.4. The van der Waals surface area contributed by atoms with E-state index in [0.29, 0.717) is 25.3 Å². The van der Waals surface area contributed by atoms with Gasteiger partial charge in [-0.25, -0.2) is 0 Å². The van der Waals surface area contributed by atoms with E-state index in [2.05, 4.69) is 10.2 Å². The predicted octanol–water partition coefficient (Wildman–Crippen LogP) is 4.27. The lowest BCUT2D eigenvalue weighted by Crippen LogP contribution is -2.49. The van der Waals surface area contributed by atoms with Crippen LogP contribution in [0.2, 0.25) is 0 Å². The van der Waals surface area contributed by atoms with Crippen LogP contribution in [-0.4, -0.2) is 70.8 Å². The monoisotopic (exact) mass is 595 g/mol. The molecule has 14 heteroatoms. The Labute approximate surface area is 236 Å². The molecule has 3 aliphatic rings. The van der Waals surface area contributed by atoms with Crippen LogP contribution in [-0.2, 0) is 47.6 Å². The van der Waals surface area contributed by atoms with Gasteiger partial charge in [0.15, 0.2) is 6.10 Å². The smallest absolute Gasteiger partial charge is 0.379 e. The van der Waals surface area contributed by atoms with E-state index in [4.69, 9.17) is 9.47 Å². The maximum atomic E-state index is 14.2. The van der Waals surface area contributed by atoms with Gasteiger partial charge in [0.1, 0.15) is 12.2 Å². The van der Waals surface area contributed by atoms with Gasteiger partial charge in [-0.2, -0.15) is 26.3 Å². The molecular weight excluding hydrogens is 568 g/mol. The number of morpholine rings is 1. The molecule has 0 saturated carbocycles. The molecule has 0 aliphatic carbocycles. The highest BCUT2D eigenvalue weighted by molar-refractivity contribution is 6.10. The zero-order chi connectivity index (χ0) is 29.9. The summed E-state index contributed by atoms with van der Waals surface area (Å²) in [6.07, 6.45) is -9.25. The second kappa shape index (κ2) is 10.3. The SMILES string of the molecule is Cn1cnnc1CC1(c2cccc(N3Cc4c(cc(CN5CCO[C@H](C(F)(F)F)C5)cc4C(F)(F)F)C3=O)c2)COC1. The predicted molar refractivity (Wildman–Crippen MR) is 137 cm³/mol. The Morgan fingerprint density at radius 3 is 2.52 bits per heavy atom. The fourth-order valence-electron chi connectivity index (χ4n) is 5.82. The van der Waals surface area contributed by atoms with Gasteiger partial charge in [0, 0.05) is 49.8 Å². The number of carbonyl (C=O) groups is 1. The van der Waals surface area contributed by atoms with E-state index in [1.807, 2.05) is 13.1 Å². The Balaban J connectivity index is 1.29. The van der Waals surface area contributed by atoms with Crippen LogP contribution in [0.3, 0.4) is 0 Å². The molecule has 0 unspecified atom stereocenters. The number of benzene rings is 2. The minimum absolute atomic E-state index is 0.105. The third-order valence-electron chi connectivity index (χ3n) is 8.16. The van der Waals surface area contributed by atoms with Gasteiger partial charge in [0.2, 0.25) is 0 Å². The van der Waals surface area contributed by atoms with Crippen LogP contribution in [0.15, 0.2) is 42.7 Å². The number of alkyl halides is 6. The van der Waals surface area contributed by atoms with Gasteiger partial charge >= 0.3 is 12.4 Å². The van der Waals surface area contributed by atoms with E-state index in [1.165, 1.54) is 15.9 Å². The Morgan fingerprint density at radius 1 is 1.10 bits per heavy atom. The van der Waals surface area contributed by atoms with Gasteiger partial charge in [-0.05, 0) is 41.0 Å². The number of hydrogen-bond acceptors (Lipinski definition) is 6. The number of ether oxygens (including phenoxy) is 2. The molecule has 1 amide bonds. The van der Waals surface area contributed by atoms with E-state index >= 15 is 0 Å². The molecule has 3 aromatic rings. The van der Waals surface area contributed by atoms with Gasteiger partial charge in [-0.1, -0.05) is 12.1 Å². The van der Waals surface area contributed by atoms with Crippen LogP contribution >= 0.6 is 0 Å². The lowest BCUT2D eigenvalue weighted by molar-refractivity contribution is -0.237. The highest BCUT2D eigenvalue weighted by Crippen LogP contribution is 2.42. The summed E-state index contributed by atoms with van der Waals surface area (Å²) in [4.78, 5) is 16.3. The maximum absolute atomic E-state index is 14.2. The molecule has 6 rings (SSSR count). The molecule has 0 radical (unpaired) electrons. The van der Waals surface area contributed by atoms with Crippen molar-refractivity contribution in [3.63, 3.8) is 0 Å². The van der Waals surface area contributed by atoms with Gasteiger partial charge in [-0.3, -0.25) is 9.69 Å². The molecular formula is C28H27F6N5O3. The Hall–Kier alpha value is -3.49. The van der Waals surface area contributed by atoms with Gasteiger partial charge < -0.3 is 18.9 Å². The fraction of sp³-hybridized carbons (Fsp3) is 0.464. The molecule has 0 bridgehead atoms. The number of fused-ring (bicyclic) bond motifs is 1. The van der Waals surface area contributed by atoms with Crippen molar-refractivity contribution >= 4 is 11.6 Å². The lowest BCUT2D eigenvalue weighted by Gasteiger charge is -2.42. The van der Waals surface area contributed by atoms with E-state index in [-0.39, 0.29) is 42.9 Å². The van der Waals surface area contributed by atoms with Gasteiger partial charge in [0.25, 0.3) is 5.91 Å². The number of nitrogens with zero attached hydrogens (tertiary/aromatic N) is 5. The Morgan fingerprint density at radius 2 is 1.88 bits per heavy atom. The molecule has 0 N–H and O–H groups in total. The topological polar surface area (TPSA) is 72.7 Å². The van der Waals surface area contributed by atoms with Crippen molar-refractivity contribution in [1.82, 2.24) is 19.7 Å². The minimum Gasteiger partial charge on any atom is -0.379 e. The second-order valence-corrected chi connectivity index (χ2v) is 11.1. The molecule has 224 valence electrons. The van der Waals surface area contributed by atoms with Gasteiger partial charge in [-0.15, -0.1) is 10.2 Å². The molecule has 42 heavy (non-hydrogen) atoms. The van der Waals surface area contributed by atoms with Crippen LogP contribution in [0.5, 0.6) is 0 Å².